The van der Waals surface area contributed by atoms with Crippen LogP contribution in [0.3, 0.4) is 0 Å². The Morgan fingerprint density at radius 1 is 1.16 bits per heavy atom. The van der Waals surface area contributed by atoms with Gasteiger partial charge in [-0.15, -0.1) is 6.58 Å². The van der Waals surface area contributed by atoms with E-state index in [4.69, 9.17) is 0 Å². The monoisotopic (exact) mass is 335 g/mol. The van der Waals surface area contributed by atoms with Crippen molar-refractivity contribution < 1.29 is 9.59 Å². The summed E-state index contributed by atoms with van der Waals surface area (Å²) in [5, 5.41) is 5.48. The minimum atomic E-state index is -0.270. The molecular weight excluding hydrogens is 314 g/mol. The summed E-state index contributed by atoms with van der Waals surface area (Å²) in [6.45, 7) is 4.68. The van der Waals surface area contributed by atoms with Crippen LogP contribution in [-0.2, 0) is 6.42 Å². The Bertz CT molecular complexity index is 787. The van der Waals surface area contributed by atoms with E-state index in [0.717, 1.165) is 24.1 Å². The van der Waals surface area contributed by atoms with Gasteiger partial charge in [-0.1, -0.05) is 24.3 Å². The summed E-state index contributed by atoms with van der Waals surface area (Å²) in [6.07, 6.45) is 3.41. The Morgan fingerprint density at radius 3 is 2.72 bits per heavy atom. The quantitative estimate of drug-likeness (QED) is 0.839. The zero-order chi connectivity index (χ0) is 17.6. The van der Waals surface area contributed by atoms with Gasteiger partial charge < -0.3 is 15.5 Å². The predicted octanol–water partition coefficient (Wildman–Crippen LogP) is 3.59. The summed E-state index contributed by atoms with van der Waals surface area (Å²) in [7, 11) is 0. The van der Waals surface area contributed by atoms with Gasteiger partial charge in [0.2, 0.25) is 0 Å². The number of benzene rings is 2. The standard InChI is InChI=1S/C20H21N3O2/c1-2-12-21-20(25)22-17-10-11-18-16(14-17)9-6-13-23(18)19(24)15-7-4-3-5-8-15/h2-5,7-8,10-11,14H,1,6,9,12-13H2,(H2,21,22,25). The first-order valence-electron chi connectivity index (χ1n) is 8.34. The molecule has 3 amide bonds. The van der Waals surface area contributed by atoms with Crippen molar-refractivity contribution in [1.29, 1.82) is 0 Å². The van der Waals surface area contributed by atoms with Crippen molar-refractivity contribution in [3.63, 3.8) is 0 Å². The number of nitrogens with one attached hydrogen (secondary N) is 2. The molecule has 0 atom stereocenters. The molecule has 0 unspecified atom stereocenters. The number of anilines is 2. The molecule has 0 aliphatic carbocycles. The van der Waals surface area contributed by atoms with Gasteiger partial charge in [-0.2, -0.15) is 0 Å². The van der Waals surface area contributed by atoms with Gasteiger partial charge in [0.15, 0.2) is 0 Å². The first-order valence-corrected chi connectivity index (χ1v) is 8.34. The Labute approximate surface area is 147 Å². The average Bonchev–Trinajstić information content (AvgIpc) is 2.66. The molecule has 0 saturated carbocycles. The first kappa shape index (κ1) is 16.8. The summed E-state index contributed by atoms with van der Waals surface area (Å²) in [4.78, 5) is 26.4. The molecule has 1 aliphatic heterocycles. The van der Waals surface area contributed by atoms with Crippen LogP contribution in [0.4, 0.5) is 16.2 Å². The van der Waals surface area contributed by atoms with Crippen molar-refractivity contribution in [2.75, 3.05) is 23.3 Å². The number of carbonyl (C=O) groups excluding carboxylic acids is 2. The SMILES string of the molecule is C=CCNC(=O)Nc1ccc2c(c1)CCCN2C(=O)c1ccccc1. The second-order valence-electron chi connectivity index (χ2n) is 5.89. The normalized spacial score (nSPS) is 12.9. The molecule has 0 fully saturated rings. The summed E-state index contributed by atoms with van der Waals surface area (Å²) in [5.74, 6) is 0.00554. The fourth-order valence-electron chi connectivity index (χ4n) is 2.96. The highest BCUT2D eigenvalue weighted by molar-refractivity contribution is 6.07. The molecule has 1 heterocycles. The van der Waals surface area contributed by atoms with Crippen molar-refractivity contribution in [3.05, 3.63) is 72.3 Å². The summed E-state index contributed by atoms with van der Waals surface area (Å²) in [5.41, 5.74) is 3.38. The van der Waals surface area contributed by atoms with E-state index in [1.807, 2.05) is 53.4 Å². The minimum Gasteiger partial charge on any atom is -0.334 e. The van der Waals surface area contributed by atoms with Crippen LogP contribution in [0.1, 0.15) is 22.3 Å². The fraction of sp³-hybridized carbons (Fsp3) is 0.200. The number of carbonyl (C=O) groups is 2. The molecule has 0 spiro atoms. The molecule has 2 aromatic rings. The third-order valence-electron chi connectivity index (χ3n) is 4.13. The number of rotatable bonds is 4. The van der Waals surface area contributed by atoms with Crippen LogP contribution < -0.4 is 15.5 Å². The van der Waals surface area contributed by atoms with Gasteiger partial charge in [0.25, 0.3) is 5.91 Å². The van der Waals surface area contributed by atoms with E-state index in [9.17, 15) is 9.59 Å². The molecule has 0 aromatic heterocycles. The molecule has 5 heteroatoms. The van der Waals surface area contributed by atoms with E-state index in [0.29, 0.717) is 24.3 Å². The number of aryl methyl sites for hydroxylation is 1. The third-order valence-corrected chi connectivity index (χ3v) is 4.13. The summed E-state index contributed by atoms with van der Waals surface area (Å²) >= 11 is 0. The summed E-state index contributed by atoms with van der Waals surface area (Å²) < 4.78 is 0. The smallest absolute Gasteiger partial charge is 0.319 e. The Morgan fingerprint density at radius 2 is 1.96 bits per heavy atom. The molecular formula is C20H21N3O2. The maximum absolute atomic E-state index is 12.8. The zero-order valence-corrected chi connectivity index (χ0v) is 14.0. The zero-order valence-electron chi connectivity index (χ0n) is 14.0. The summed E-state index contributed by atoms with van der Waals surface area (Å²) in [6, 6.07) is 14.7. The van der Waals surface area contributed by atoms with Crippen molar-refractivity contribution in [1.82, 2.24) is 5.32 Å². The van der Waals surface area contributed by atoms with E-state index >= 15 is 0 Å². The van der Waals surface area contributed by atoms with E-state index in [1.54, 1.807) is 6.08 Å². The second-order valence-corrected chi connectivity index (χ2v) is 5.89. The minimum absolute atomic E-state index is 0.00554. The number of fused-ring (bicyclic) bond motifs is 1. The van der Waals surface area contributed by atoms with Crippen LogP contribution in [0, 0.1) is 0 Å². The second kappa shape index (κ2) is 7.66. The van der Waals surface area contributed by atoms with Crippen LogP contribution >= 0.6 is 0 Å². The molecule has 25 heavy (non-hydrogen) atoms. The lowest BCUT2D eigenvalue weighted by atomic mass is 10.00. The highest BCUT2D eigenvalue weighted by Crippen LogP contribution is 2.30. The van der Waals surface area contributed by atoms with E-state index in [1.165, 1.54) is 0 Å². The molecule has 0 saturated heterocycles. The van der Waals surface area contributed by atoms with Crippen molar-refractivity contribution in [3.8, 4) is 0 Å². The van der Waals surface area contributed by atoms with Crippen LogP contribution in [0.25, 0.3) is 0 Å². The maximum Gasteiger partial charge on any atom is 0.319 e. The van der Waals surface area contributed by atoms with Crippen molar-refractivity contribution in [2.45, 2.75) is 12.8 Å². The lowest BCUT2D eigenvalue weighted by Gasteiger charge is -2.30. The van der Waals surface area contributed by atoms with Crippen molar-refractivity contribution in [2.24, 2.45) is 0 Å². The Balaban J connectivity index is 1.79. The molecule has 5 nitrogen and oxygen atoms in total. The van der Waals surface area contributed by atoms with Gasteiger partial charge in [0.05, 0.1) is 0 Å². The Hall–Kier alpha value is -3.08. The number of nitrogens with zero attached hydrogens (tertiary/aromatic N) is 1. The maximum atomic E-state index is 12.8. The molecule has 2 N–H and O–H groups in total. The highest BCUT2D eigenvalue weighted by Gasteiger charge is 2.23. The van der Waals surface area contributed by atoms with Crippen LogP contribution in [-0.4, -0.2) is 25.0 Å². The highest BCUT2D eigenvalue weighted by atomic mass is 16.2. The van der Waals surface area contributed by atoms with Gasteiger partial charge in [-0.05, 0) is 48.7 Å². The lowest BCUT2D eigenvalue weighted by molar-refractivity contribution is 0.0985. The topological polar surface area (TPSA) is 61.4 Å². The van der Waals surface area contributed by atoms with Gasteiger partial charge >= 0.3 is 6.03 Å². The van der Waals surface area contributed by atoms with E-state index in [2.05, 4.69) is 17.2 Å². The largest absolute Gasteiger partial charge is 0.334 e. The number of hydrogen-bond acceptors (Lipinski definition) is 2. The van der Waals surface area contributed by atoms with Gasteiger partial charge in [0.1, 0.15) is 0 Å². The molecule has 1 aliphatic rings. The average molecular weight is 335 g/mol. The molecule has 128 valence electrons. The number of amides is 3. The number of urea groups is 1. The number of hydrogen-bond donors (Lipinski definition) is 2. The van der Waals surface area contributed by atoms with E-state index in [-0.39, 0.29) is 11.9 Å². The van der Waals surface area contributed by atoms with Gasteiger partial charge in [-0.25, -0.2) is 4.79 Å². The predicted molar refractivity (Wildman–Crippen MR) is 100 cm³/mol. The van der Waals surface area contributed by atoms with Crippen LogP contribution in [0.2, 0.25) is 0 Å². The van der Waals surface area contributed by atoms with Gasteiger partial charge in [-0.3, -0.25) is 4.79 Å². The lowest BCUT2D eigenvalue weighted by Crippen LogP contribution is -2.35. The third kappa shape index (κ3) is 3.88. The molecule has 2 aromatic carbocycles. The van der Waals surface area contributed by atoms with E-state index < -0.39 is 0 Å². The van der Waals surface area contributed by atoms with Crippen LogP contribution in [0.15, 0.2) is 61.2 Å². The molecule has 0 radical (unpaired) electrons. The Kier molecular flexibility index (Phi) is 5.14. The first-order chi connectivity index (χ1) is 12.2. The molecule has 3 rings (SSSR count). The van der Waals surface area contributed by atoms with Gasteiger partial charge in [0, 0.05) is 30.0 Å². The molecule has 0 bridgehead atoms. The van der Waals surface area contributed by atoms with Crippen LogP contribution in [0.5, 0.6) is 0 Å². The fourth-order valence-corrected chi connectivity index (χ4v) is 2.96. The van der Waals surface area contributed by atoms with Crippen molar-refractivity contribution >= 4 is 23.3 Å².